The summed E-state index contributed by atoms with van der Waals surface area (Å²) in [4.78, 5) is 30.4. The maximum absolute atomic E-state index is 12.8. The van der Waals surface area contributed by atoms with E-state index in [-0.39, 0.29) is 42.1 Å². The van der Waals surface area contributed by atoms with E-state index in [1.165, 1.54) is 35.2 Å². The molecule has 12 heteroatoms. The molecule has 38 heavy (non-hydrogen) atoms. The molecule has 2 unspecified atom stereocenters. The van der Waals surface area contributed by atoms with Crippen LogP contribution < -0.4 is 10.1 Å². The minimum Gasteiger partial charge on any atom is -0.405 e. The van der Waals surface area contributed by atoms with E-state index >= 15 is 0 Å². The van der Waals surface area contributed by atoms with Gasteiger partial charge in [0.05, 0.1) is 12.2 Å². The highest BCUT2D eigenvalue weighted by atomic mass is 19.4. The monoisotopic (exact) mass is 526 g/mol. The number of fused-ring (bicyclic) bond motifs is 1. The van der Waals surface area contributed by atoms with Gasteiger partial charge in [0.1, 0.15) is 17.5 Å². The van der Waals surface area contributed by atoms with Crippen LogP contribution >= 0.6 is 0 Å². The van der Waals surface area contributed by atoms with E-state index in [1.807, 2.05) is 24.3 Å². The number of aliphatic hydroxyl groups excluding tert-OH is 2. The van der Waals surface area contributed by atoms with Gasteiger partial charge < -0.3 is 25.2 Å². The number of para-hydroxylation sites is 1. The summed E-state index contributed by atoms with van der Waals surface area (Å²) >= 11 is 0. The number of nitriles is 1. The molecular weight excluding hydrogens is 505 g/mol. The summed E-state index contributed by atoms with van der Waals surface area (Å²) in [6, 6.07) is 17.1. The van der Waals surface area contributed by atoms with Crippen molar-refractivity contribution in [3.8, 4) is 22.9 Å². The number of carbonyl (C=O) groups is 2. The molecule has 0 saturated carbocycles. The summed E-state index contributed by atoms with van der Waals surface area (Å²) < 4.78 is 42.4. The van der Waals surface area contributed by atoms with Crippen molar-refractivity contribution in [3.05, 3.63) is 83.2 Å². The van der Waals surface area contributed by atoms with Crippen LogP contribution in [0.15, 0.2) is 60.7 Å². The molecule has 2 heterocycles. The van der Waals surface area contributed by atoms with Crippen molar-refractivity contribution in [1.29, 1.82) is 5.26 Å². The van der Waals surface area contributed by atoms with Crippen molar-refractivity contribution in [3.63, 3.8) is 0 Å². The predicted molar refractivity (Wildman–Crippen MR) is 126 cm³/mol. The lowest BCUT2D eigenvalue weighted by Gasteiger charge is -2.22. The average molecular weight is 526 g/mol. The third kappa shape index (κ3) is 5.91. The maximum Gasteiger partial charge on any atom is 0.573 e. The van der Waals surface area contributed by atoms with Crippen LogP contribution in [0.4, 0.5) is 13.2 Å². The van der Waals surface area contributed by atoms with E-state index < -0.39 is 36.1 Å². The fourth-order valence-corrected chi connectivity index (χ4v) is 4.04. The van der Waals surface area contributed by atoms with Gasteiger partial charge in [-0.3, -0.25) is 9.59 Å². The number of aromatic nitrogens is 1. The zero-order chi connectivity index (χ0) is 27.4. The Morgan fingerprint density at radius 1 is 1.00 bits per heavy atom. The molecule has 0 saturated heterocycles. The van der Waals surface area contributed by atoms with Crippen LogP contribution in [0.1, 0.15) is 22.5 Å². The number of rotatable bonds is 7. The minimum atomic E-state index is -4.94. The van der Waals surface area contributed by atoms with Gasteiger partial charge in [-0.1, -0.05) is 42.5 Å². The molecule has 0 spiro atoms. The first-order valence-electron chi connectivity index (χ1n) is 11.3. The van der Waals surface area contributed by atoms with Crippen LogP contribution in [0.5, 0.6) is 5.75 Å². The first kappa shape index (κ1) is 26.6. The Kier molecular flexibility index (Phi) is 7.61. The summed E-state index contributed by atoms with van der Waals surface area (Å²) in [6.07, 6.45) is -9.00. The highest BCUT2D eigenvalue weighted by molar-refractivity contribution is 5.91. The largest absolute Gasteiger partial charge is 0.573 e. The summed E-state index contributed by atoms with van der Waals surface area (Å²) in [5.74, 6) is -2.36. The van der Waals surface area contributed by atoms with Gasteiger partial charge in [-0.2, -0.15) is 5.26 Å². The number of nitrogens with one attached hydrogen (secondary N) is 1. The van der Waals surface area contributed by atoms with Crippen molar-refractivity contribution in [2.45, 2.75) is 38.2 Å². The van der Waals surface area contributed by atoms with Gasteiger partial charge in [0.2, 0.25) is 0 Å². The Morgan fingerprint density at radius 2 is 1.63 bits per heavy atom. The predicted octanol–water partition coefficient (Wildman–Crippen LogP) is 2.40. The van der Waals surface area contributed by atoms with Gasteiger partial charge in [-0.15, -0.1) is 13.2 Å². The SMILES string of the molecule is N#Cc1nc(CNC(=O)C(O)C(O)C(=O)N2Cc3ccccc3C2)ccc1-c1ccccc1OC(F)(F)F. The molecule has 3 aromatic rings. The molecule has 3 N–H and O–H groups in total. The van der Waals surface area contributed by atoms with Crippen LogP contribution in [0.3, 0.4) is 0 Å². The normalized spacial score (nSPS) is 14.3. The van der Waals surface area contributed by atoms with Crippen LogP contribution in [0.2, 0.25) is 0 Å². The second kappa shape index (κ2) is 10.9. The van der Waals surface area contributed by atoms with E-state index in [9.17, 15) is 38.2 Å². The molecule has 2 amide bonds. The Bertz CT molecular complexity index is 1380. The molecule has 1 aromatic heterocycles. The van der Waals surface area contributed by atoms with Crippen LogP contribution in [-0.4, -0.2) is 50.5 Å². The zero-order valence-electron chi connectivity index (χ0n) is 19.6. The van der Waals surface area contributed by atoms with E-state index in [0.29, 0.717) is 0 Å². The van der Waals surface area contributed by atoms with E-state index in [0.717, 1.165) is 17.2 Å². The lowest BCUT2D eigenvalue weighted by atomic mass is 10.0. The number of pyridine rings is 1. The minimum absolute atomic E-state index is 0.00872. The van der Waals surface area contributed by atoms with Gasteiger partial charge in [-0.05, 0) is 29.3 Å². The highest BCUT2D eigenvalue weighted by Gasteiger charge is 2.35. The lowest BCUT2D eigenvalue weighted by molar-refractivity contribution is -0.274. The molecule has 0 radical (unpaired) electrons. The van der Waals surface area contributed by atoms with Gasteiger partial charge in [-0.25, -0.2) is 4.98 Å². The molecule has 2 aromatic carbocycles. The molecule has 9 nitrogen and oxygen atoms in total. The number of benzene rings is 2. The number of carbonyl (C=O) groups excluding carboxylic acids is 2. The van der Waals surface area contributed by atoms with Gasteiger partial charge in [0.25, 0.3) is 11.8 Å². The molecular formula is C26H21F3N4O5. The Hall–Kier alpha value is -4.47. The van der Waals surface area contributed by atoms with Crippen LogP contribution in [0.25, 0.3) is 11.1 Å². The molecule has 196 valence electrons. The molecule has 2 atom stereocenters. The maximum atomic E-state index is 12.8. The van der Waals surface area contributed by atoms with Crippen molar-refractivity contribution in [2.24, 2.45) is 0 Å². The number of nitrogens with zero attached hydrogens (tertiary/aromatic N) is 3. The highest BCUT2D eigenvalue weighted by Crippen LogP contribution is 2.35. The summed E-state index contributed by atoms with van der Waals surface area (Å²) in [5.41, 5.74) is 1.81. The molecule has 1 aliphatic heterocycles. The van der Waals surface area contributed by atoms with Crippen molar-refractivity contribution in [2.75, 3.05) is 0 Å². The number of ether oxygens (including phenoxy) is 1. The lowest BCUT2D eigenvalue weighted by Crippen LogP contribution is -2.49. The Balaban J connectivity index is 1.41. The second-order valence-corrected chi connectivity index (χ2v) is 8.43. The number of alkyl halides is 3. The van der Waals surface area contributed by atoms with Gasteiger partial charge in [0.15, 0.2) is 12.2 Å². The summed E-state index contributed by atoms with van der Waals surface area (Å²) in [5, 5.41) is 32.4. The molecule has 0 bridgehead atoms. The summed E-state index contributed by atoms with van der Waals surface area (Å²) in [7, 11) is 0. The van der Waals surface area contributed by atoms with Crippen molar-refractivity contribution in [1.82, 2.24) is 15.2 Å². The number of hydrogen-bond donors (Lipinski definition) is 3. The van der Waals surface area contributed by atoms with Crippen LogP contribution in [0, 0.1) is 11.3 Å². The molecule has 1 aliphatic rings. The van der Waals surface area contributed by atoms with Gasteiger partial charge in [0, 0.05) is 24.2 Å². The number of hydrogen-bond acceptors (Lipinski definition) is 7. The fourth-order valence-electron chi connectivity index (χ4n) is 4.04. The smallest absolute Gasteiger partial charge is 0.405 e. The van der Waals surface area contributed by atoms with Crippen molar-refractivity contribution >= 4 is 11.8 Å². The molecule has 0 aliphatic carbocycles. The van der Waals surface area contributed by atoms with Gasteiger partial charge >= 0.3 is 6.36 Å². The van der Waals surface area contributed by atoms with E-state index in [4.69, 9.17) is 0 Å². The first-order valence-corrected chi connectivity index (χ1v) is 11.3. The Morgan fingerprint density at radius 3 is 2.26 bits per heavy atom. The Labute approximate surface area is 214 Å². The quantitative estimate of drug-likeness (QED) is 0.430. The van der Waals surface area contributed by atoms with Crippen LogP contribution in [-0.2, 0) is 29.2 Å². The standard InChI is InChI=1S/C26H21F3N4O5/c27-26(28,29)38-21-8-4-3-7-19(21)18-10-9-17(32-20(18)11-30)12-31-24(36)22(34)23(35)25(37)33-13-15-5-1-2-6-16(15)14-33/h1-10,22-23,34-35H,12-14H2,(H,31,36). The zero-order valence-corrected chi connectivity index (χ0v) is 19.6. The second-order valence-electron chi connectivity index (χ2n) is 8.43. The fraction of sp³-hybridized carbons (Fsp3) is 0.231. The molecule has 0 fully saturated rings. The number of halogens is 3. The average Bonchev–Trinajstić information content (AvgIpc) is 3.34. The first-order chi connectivity index (χ1) is 18.1. The topological polar surface area (TPSA) is 136 Å². The summed E-state index contributed by atoms with van der Waals surface area (Å²) in [6.45, 7) is 0.192. The van der Waals surface area contributed by atoms with Crippen molar-refractivity contribution < 1.29 is 37.7 Å². The van der Waals surface area contributed by atoms with E-state index in [1.54, 1.807) is 6.07 Å². The number of amides is 2. The molecule has 4 rings (SSSR count). The third-order valence-electron chi connectivity index (χ3n) is 5.88. The number of aliphatic hydroxyl groups is 2. The van der Waals surface area contributed by atoms with E-state index in [2.05, 4.69) is 15.0 Å². The third-order valence-corrected chi connectivity index (χ3v) is 5.88.